The van der Waals surface area contributed by atoms with Gasteiger partial charge < -0.3 is 9.84 Å². The number of hydrogen-bond acceptors (Lipinski definition) is 2. The van der Waals surface area contributed by atoms with E-state index in [2.05, 4.69) is 20.8 Å². The zero-order valence-corrected chi connectivity index (χ0v) is 11.4. The Morgan fingerprint density at radius 3 is 2.67 bits per heavy atom. The van der Waals surface area contributed by atoms with Gasteiger partial charge >= 0.3 is 5.97 Å². The molecule has 0 atom stereocenters. The molecule has 1 rings (SSSR count). The van der Waals surface area contributed by atoms with E-state index in [4.69, 9.17) is 4.74 Å². The molecule has 0 aromatic heterocycles. The average Bonchev–Trinajstić information content (AvgIpc) is 2.30. The standard InChI is InChI=1S/C15H22O3/c1-4-6-12-7-5-8-13(15(16)17)14(12)18-10-9-11(2)3/h5,7-8,11H,4,6,9-10H2,1-3H3,(H,16,17). The molecule has 0 aliphatic carbocycles. The Morgan fingerprint density at radius 2 is 2.11 bits per heavy atom. The van der Waals surface area contributed by atoms with Crippen LogP contribution in [0, 0.1) is 5.92 Å². The molecule has 0 saturated heterocycles. The van der Waals surface area contributed by atoms with Crippen molar-refractivity contribution in [3.63, 3.8) is 0 Å². The van der Waals surface area contributed by atoms with Crippen LogP contribution in [-0.2, 0) is 6.42 Å². The highest BCUT2D eigenvalue weighted by atomic mass is 16.5. The maximum Gasteiger partial charge on any atom is 0.339 e. The Labute approximate surface area is 109 Å². The third-order valence-electron chi connectivity index (χ3n) is 2.79. The summed E-state index contributed by atoms with van der Waals surface area (Å²) in [7, 11) is 0. The molecule has 0 bridgehead atoms. The maximum atomic E-state index is 11.2. The van der Waals surface area contributed by atoms with Gasteiger partial charge in [-0.3, -0.25) is 0 Å². The second-order valence-corrected chi connectivity index (χ2v) is 4.88. The topological polar surface area (TPSA) is 46.5 Å². The van der Waals surface area contributed by atoms with Crippen molar-refractivity contribution in [2.24, 2.45) is 5.92 Å². The van der Waals surface area contributed by atoms with Crippen molar-refractivity contribution in [2.75, 3.05) is 6.61 Å². The van der Waals surface area contributed by atoms with Gasteiger partial charge in [0.1, 0.15) is 11.3 Å². The summed E-state index contributed by atoms with van der Waals surface area (Å²) in [6.07, 6.45) is 2.75. The first-order valence-corrected chi connectivity index (χ1v) is 6.54. The Bertz CT molecular complexity index is 397. The second kappa shape index (κ2) is 7.04. The van der Waals surface area contributed by atoms with E-state index in [1.54, 1.807) is 12.1 Å². The van der Waals surface area contributed by atoms with E-state index in [1.807, 2.05) is 6.07 Å². The zero-order valence-electron chi connectivity index (χ0n) is 11.4. The number of benzene rings is 1. The predicted octanol–water partition coefficient (Wildman–Crippen LogP) is 3.76. The van der Waals surface area contributed by atoms with E-state index in [0.29, 0.717) is 18.3 Å². The highest BCUT2D eigenvalue weighted by Gasteiger charge is 2.15. The Kier molecular flexibility index (Phi) is 5.69. The highest BCUT2D eigenvalue weighted by Crippen LogP contribution is 2.26. The first-order valence-electron chi connectivity index (χ1n) is 6.54. The number of hydrogen-bond donors (Lipinski definition) is 1. The van der Waals surface area contributed by atoms with E-state index in [1.165, 1.54) is 0 Å². The molecular formula is C15H22O3. The first-order chi connectivity index (χ1) is 8.56. The van der Waals surface area contributed by atoms with Crippen molar-refractivity contribution in [1.29, 1.82) is 0 Å². The van der Waals surface area contributed by atoms with Crippen molar-refractivity contribution in [2.45, 2.75) is 40.0 Å². The molecule has 1 N–H and O–H groups in total. The number of rotatable bonds is 7. The molecule has 0 radical (unpaired) electrons. The highest BCUT2D eigenvalue weighted by molar-refractivity contribution is 5.91. The van der Waals surface area contributed by atoms with Crippen LogP contribution in [0.4, 0.5) is 0 Å². The average molecular weight is 250 g/mol. The minimum Gasteiger partial charge on any atom is -0.492 e. The Balaban J connectivity index is 2.91. The molecular weight excluding hydrogens is 228 g/mol. The smallest absolute Gasteiger partial charge is 0.339 e. The number of para-hydroxylation sites is 1. The van der Waals surface area contributed by atoms with E-state index >= 15 is 0 Å². The van der Waals surface area contributed by atoms with E-state index in [0.717, 1.165) is 24.8 Å². The fourth-order valence-electron chi connectivity index (χ4n) is 1.79. The van der Waals surface area contributed by atoms with Crippen LogP contribution in [-0.4, -0.2) is 17.7 Å². The first kappa shape index (κ1) is 14.6. The molecule has 0 fully saturated rings. The molecule has 3 heteroatoms. The number of carboxylic acid groups (broad SMARTS) is 1. The molecule has 0 aliphatic heterocycles. The van der Waals surface area contributed by atoms with Gasteiger partial charge in [0.15, 0.2) is 0 Å². The van der Waals surface area contributed by atoms with Gasteiger partial charge in [0.05, 0.1) is 6.61 Å². The normalized spacial score (nSPS) is 10.7. The molecule has 18 heavy (non-hydrogen) atoms. The minimum absolute atomic E-state index is 0.268. The number of aryl methyl sites for hydroxylation is 1. The summed E-state index contributed by atoms with van der Waals surface area (Å²) in [5.74, 6) is 0.177. The molecule has 1 aromatic rings. The van der Waals surface area contributed by atoms with Crippen LogP contribution >= 0.6 is 0 Å². The quantitative estimate of drug-likeness (QED) is 0.801. The monoisotopic (exact) mass is 250 g/mol. The summed E-state index contributed by atoms with van der Waals surface area (Å²) in [6.45, 7) is 6.89. The fraction of sp³-hybridized carbons (Fsp3) is 0.533. The predicted molar refractivity (Wildman–Crippen MR) is 72.3 cm³/mol. The van der Waals surface area contributed by atoms with Gasteiger partial charge in [0.2, 0.25) is 0 Å². The number of carboxylic acids is 1. The van der Waals surface area contributed by atoms with Crippen molar-refractivity contribution in [3.8, 4) is 5.75 Å². The molecule has 0 heterocycles. The fourth-order valence-corrected chi connectivity index (χ4v) is 1.79. The van der Waals surface area contributed by atoms with Crippen molar-refractivity contribution in [1.82, 2.24) is 0 Å². The Morgan fingerprint density at radius 1 is 1.39 bits per heavy atom. The van der Waals surface area contributed by atoms with Gasteiger partial charge in [0.25, 0.3) is 0 Å². The van der Waals surface area contributed by atoms with Gasteiger partial charge in [-0.25, -0.2) is 4.79 Å². The lowest BCUT2D eigenvalue weighted by atomic mass is 10.0. The third-order valence-corrected chi connectivity index (χ3v) is 2.79. The van der Waals surface area contributed by atoms with E-state index in [-0.39, 0.29) is 5.56 Å². The molecule has 3 nitrogen and oxygen atoms in total. The molecule has 0 amide bonds. The van der Waals surface area contributed by atoms with Crippen molar-refractivity contribution >= 4 is 5.97 Å². The van der Waals surface area contributed by atoms with Crippen LogP contribution in [0.25, 0.3) is 0 Å². The molecule has 1 aromatic carbocycles. The van der Waals surface area contributed by atoms with Crippen molar-refractivity contribution in [3.05, 3.63) is 29.3 Å². The lowest BCUT2D eigenvalue weighted by Crippen LogP contribution is -2.08. The summed E-state index contributed by atoms with van der Waals surface area (Å²) >= 11 is 0. The van der Waals surface area contributed by atoms with Crippen LogP contribution in [0.3, 0.4) is 0 Å². The molecule has 100 valence electrons. The summed E-state index contributed by atoms with van der Waals surface area (Å²) in [5.41, 5.74) is 1.26. The van der Waals surface area contributed by atoms with Crippen LogP contribution < -0.4 is 4.74 Å². The minimum atomic E-state index is -0.924. The van der Waals surface area contributed by atoms with Crippen LogP contribution in [0.5, 0.6) is 5.75 Å². The lowest BCUT2D eigenvalue weighted by Gasteiger charge is -2.14. The van der Waals surface area contributed by atoms with E-state index < -0.39 is 5.97 Å². The summed E-state index contributed by atoms with van der Waals surface area (Å²) in [6, 6.07) is 5.33. The third kappa shape index (κ3) is 4.06. The molecule has 0 unspecified atom stereocenters. The summed E-state index contributed by atoms with van der Waals surface area (Å²) < 4.78 is 5.71. The molecule has 0 saturated carbocycles. The second-order valence-electron chi connectivity index (χ2n) is 4.88. The van der Waals surface area contributed by atoms with Crippen LogP contribution in [0.2, 0.25) is 0 Å². The zero-order chi connectivity index (χ0) is 13.5. The summed E-state index contributed by atoms with van der Waals surface area (Å²) in [4.78, 5) is 11.2. The SMILES string of the molecule is CCCc1cccc(C(=O)O)c1OCCC(C)C. The van der Waals surface area contributed by atoms with Crippen LogP contribution in [0.15, 0.2) is 18.2 Å². The largest absolute Gasteiger partial charge is 0.492 e. The number of ether oxygens (including phenoxy) is 1. The number of aromatic carboxylic acids is 1. The van der Waals surface area contributed by atoms with Gasteiger partial charge in [-0.05, 0) is 30.4 Å². The Hall–Kier alpha value is -1.51. The van der Waals surface area contributed by atoms with Crippen LogP contribution in [0.1, 0.15) is 49.5 Å². The maximum absolute atomic E-state index is 11.2. The van der Waals surface area contributed by atoms with Gasteiger partial charge in [-0.1, -0.05) is 39.3 Å². The molecule has 0 aliphatic rings. The van der Waals surface area contributed by atoms with Gasteiger partial charge in [-0.2, -0.15) is 0 Å². The lowest BCUT2D eigenvalue weighted by molar-refractivity contribution is 0.0692. The number of carbonyl (C=O) groups is 1. The van der Waals surface area contributed by atoms with Gasteiger partial charge in [-0.15, -0.1) is 0 Å². The van der Waals surface area contributed by atoms with E-state index in [9.17, 15) is 9.90 Å². The molecule has 0 spiro atoms. The van der Waals surface area contributed by atoms with Gasteiger partial charge in [0, 0.05) is 0 Å². The van der Waals surface area contributed by atoms with Crippen molar-refractivity contribution < 1.29 is 14.6 Å². The summed E-state index contributed by atoms with van der Waals surface area (Å²) in [5, 5.41) is 9.19.